The lowest BCUT2D eigenvalue weighted by molar-refractivity contribution is 0.0958. The highest BCUT2D eigenvalue weighted by Gasteiger charge is 2.15. The van der Waals surface area contributed by atoms with E-state index in [-0.39, 0.29) is 5.91 Å². The van der Waals surface area contributed by atoms with Gasteiger partial charge in [0.05, 0.1) is 18.5 Å². The molecule has 3 rings (SSSR count). The van der Waals surface area contributed by atoms with Crippen LogP contribution in [0.15, 0.2) is 47.6 Å². The summed E-state index contributed by atoms with van der Waals surface area (Å²) in [5.41, 5.74) is 12.0. The molecule has 0 aliphatic heterocycles. The van der Waals surface area contributed by atoms with Crippen LogP contribution in [-0.4, -0.2) is 23.7 Å². The van der Waals surface area contributed by atoms with Gasteiger partial charge < -0.3 is 15.2 Å². The molecule has 0 aliphatic rings. The van der Waals surface area contributed by atoms with Crippen molar-refractivity contribution in [1.82, 2.24) is 10.4 Å². The smallest absolute Gasteiger partial charge is 0.283 e. The van der Waals surface area contributed by atoms with E-state index in [9.17, 15) is 4.79 Å². The summed E-state index contributed by atoms with van der Waals surface area (Å²) in [6, 6.07) is 13.7. The summed E-state index contributed by atoms with van der Waals surface area (Å²) in [6.45, 7) is 6.84. The fourth-order valence-corrected chi connectivity index (χ4v) is 3.65. The molecule has 0 fully saturated rings. The molecule has 1 heterocycles. The van der Waals surface area contributed by atoms with E-state index < -0.39 is 0 Å². The zero-order valence-corrected chi connectivity index (χ0v) is 18.7. The summed E-state index contributed by atoms with van der Waals surface area (Å²) in [4.78, 5) is 17.0. The van der Waals surface area contributed by atoms with Gasteiger partial charge in [-0.15, -0.1) is 0 Å². The molecule has 0 aliphatic carbocycles. The second-order valence-electron chi connectivity index (χ2n) is 6.79. The normalized spacial score (nSPS) is 10.9. The zero-order valence-electron chi connectivity index (χ0n) is 17.8. The van der Waals surface area contributed by atoms with E-state index in [4.69, 9.17) is 15.2 Å². The standard InChI is InChI=1S/C23H26N4O3S/c1-4-18-21(31-23(24)26-18)22(28)27-25-13-17-10-11-19(20(12-17)29-5-2)30-14-16-8-6-15(3)7-9-16/h6-13H,4-5,14H2,1-3H3,(H2,24,26)(H,27,28)/b25-13-. The summed E-state index contributed by atoms with van der Waals surface area (Å²) >= 11 is 1.15. The van der Waals surface area contributed by atoms with E-state index in [1.807, 2.05) is 44.2 Å². The van der Waals surface area contributed by atoms with Gasteiger partial charge in [-0.1, -0.05) is 48.1 Å². The van der Waals surface area contributed by atoms with E-state index in [1.54, 1.807) is 6.21 Å². The number of anilines is 1. The predicted octanol–water partition coefficient (Wildman–Crippen LogP) is 4.34. The maximum atomic E-state index is 12.3. The van der Waals surface area contributed by atoms with Crippen molar-refractivity contribution in [2.45, 2.75) is 33.8 Å². The second kappa shape index (κ2) is 10.6. The van der Waals surface area contributed by atoms with E-state index in [0.717, 1.165) is 22.5 Å². The van der Waals surface area contributed by atoms with E-state index >= 15 is 0 Å². The Morgan fingerprint density at radius 2 is 1.94 bits per heavy atom. The molecule has 1 amide bonds. The van der Waals surface area contributed by atoms with Crippen molar-refractivity contribution in [1.29, 1.82) is 0 Å². The molecule has 0 bridgehead atoms. The molecule has 8 heteroatoms. The van der Waals surface area contributed by atoms with Crippen molar-refractivity contribution in [3.8, 4) is 11.5 Å². The summed E-state index contributed by atoms with van der Waals surface area (Å²) < 4.78 is 11.7. The number of nitrogens with one attached hydrogen (secondary N) is 1. The number of carbonyl (C=O) groups excluding carboxylic acids is 1. The number of hydrogen-bond donors (Lipinski definition) is 2. The molecule has 0 atom stereocenters. The van der Waals surface area contributed by atoms with Crippen LogP contribution in [0, 0.1) is 6.92 Å². The van der Waals surface area contributed by atoms with E-state index in [1.165, 1.54) is 5.56 Å². The largest absolute Gasteiger partial charge is 0.490 e. The van der Waals surface area contributed by atoms with Crippen molar-refractivity contribution in [2.75, 3.05) is 12.3 Å². The van der Waals surface area contributed by atoms with Crippen LogP contribution in [0.4, 0.5) is 5.13 Å². The SMILES string of the molecule is CCOc1cc(/C=N\NC(=O)c2sc(N)nc2CC)ccc1OCc1ccc(C)cc1. The minimum absolute atomic E-state index is 0.328. The molecule has 7 nitrogen and oxygen atoms in total. The number of carbonyl (C=O) groups is 1. The Morgan fingerprint density at radius 3 is 2.65 bits per heavy atom. The van der Waals surface area contributed by atoms with Gasteiger partial charge >= 0.3 is 0 Å². The molecule has 1 aromatic heterocycles. The predicted molar refractivity (Wildman–Crippen MR) is 124 cm³/mol. The third-order valence-electron chi connectivity index (χ3n) is 4.42. The molecule has 31 heavy (non-hydrogen) atoms. The van der Waals surface area contributed by atoms with Gasteiger partial charge in [-0.2, -0.15) is 5.10 Å². The summed E-state index contributed by atoms with van der Waals surface area (Å²) in [5, 5.41) is 4.42. The minimum Gasteiger partial charge on any atom is -0.490 e. The summed E-state index contributed by atoms with van der Waals surface area (Å²) in [7, 11) is 0. The van der Waals surface area contributed by atoms with Crippen molar-refractivity contribution in [3.05, 3.63) is 69.7 Å². The van der Waals surface area contributed by atoms with Gasteiger partial charge in [-0.25, -0.2) is 10.4 Å². The molecule has 0 saturated carbocycles. The van der Waals surface area contributed by atoms with Gasteiger partial charge in [0.2, 0.25) is 0 Å². The zero-order chi connectivity index (χ0) is 22.2. The van der Waals surface area contributed by atoms with Crippen LogP contribution in [-0.2, 0) is 13.0 Å². The molecular formula is C23H26N4O3S. The second-order valence-corrected chi connectivity index (χ2v) is 7.82. The van der Waals surface area contributed by atoms with Gasteiger partial charge in [-0.05, 0) is 49.6 Å². The number of hydrazone groups is 1. The number of nitrogens with two attached hydrogens (primary N) is 1. The minimum atomic E-state index is -0.328. The van der Waals surface area contributed by atoms with Crippen molar-refractivity contribution >= 4 is 28.6 Å². The third-order valence-corrected chi connectivity index (χ3v) is 5.34. The average Bonchev–Trinajstić information content (AvgIpc) is 3.15. The molecule has 0 radical (unpaired) electrons. The van der Waals surface area contributed by atoms with Crippen LogP contribution in [0.5, 0.6) is 11.5 Å². The first-order valence-corrected chi connectivity index (χ1v) is 10.9. The lowest BCUT2D eigenvalue weighted by Gasteiger charge is -2.12. The molecule has 162 valence electrons. The molecule has 0 unspecified atom stereocenters. The maximum absolute atomic E-state index is 12.3. The number of rotatable bonds is 9. The Morgan fingerprint density at radius 1 is 1.16 bits per heavy atom. The molecule has 3 aromatic rings. The lowest BCUT2D eigenvalue weighted by atomic mass is 10.2. The third kappa shape index (κ3) is 6.05. The Kier molecular flexibility index (Phi) is 7.61. The number of ether oxygens (including phenoxy) is 2. The number of aryl methyl sites for hydroxylation is 2. The maximum Gasteiger partial charge on any atom is 0.283 e. The van der Waals surface area contributed by atoms with Crippen LogP contribution in [0.3, 0.4) is 0 Å². The molecule has 3 N–H and O–H groups in total. The molecule has 0 saturated heterocycles. The Labute approximate surface area is 185 Å². The summed E-state index contributed by atoms with van der Waals surface area (Å²) in [5.74, 6) is 0.940. The molecule has 0 spiro atoms. The number of nitrogens with zero attached hydrogens (tertiary/aromatic N) is 2. The monoisotopic (exact) mass is 438 g/mol. The van der Waals surface area contributed by atoms with Crippen LogP contribution in [0.2, 0.25) is 0 Å². The van der Waals surface area contributed by atoms with Gasteiger partial charge in [0.15, 0.2) is 16.6 Å². The number of hydrogen-bond acceptors (Lipinski definition) is 7. The van der Waals surface area contributed by atoms with E-state index in [2.05, 4.69) is 34.6 Å². The number of benzene rings is 2. The van der Waals surface area contributed by atoms with Gasteiger partial charge in [0.1, 0.15) is 11.5 Å². The highest BCUT2D eigenvalue weighted by Crippen LogP contribution is 2.29. The van der Waals surface area contributed by atoms with Crippen LogP contribution in [0.25, 0.3) is 0 Å². The van der Waals surface area contributed by atoms with Gasteiger partial charge in [-0.3, -0.25) is 4.79 Å². The van der Waals surface area contributed by atoms with Crippen LogP contribution < -0.4 is 20.6 Å². The first kappa shape index (κ1) is 22.3. The van der Waals surface area contributed by atoms with Crippen LogP contribution >= 0.6 is 11.3 Å². The number of nitrogen functional groups attached to an aromatic ring is 1. The van der Waals surface area contributed by atoms with Crippen LogP contribution in [0.1, 0.15) is 45.9 Å². The number of aromatic nitrogens is 1. The Balaban J connectivity index is 1.66. The fraction of sp³-hybridized carbons (Fsp3) is 0.261. The van der Waals surface area contributed by atoms with Crippen molar-refractivity contribution < 1.29 is 14.3 Å². The number of amides is 1. The first-order valence-electron chi connectivity index (χ1n) is 10.0. The highest BCUT2D eigenvalue weighted by molar-refractivity contribution is 7.17. The Hall–Kier alpha value is -3.39. The fourth-order valence-electron chi connectivity index (χ4n) is 2.84. The van der Waals surface area contributed by atoms with E-state index in [0.29, 0.717) is 46.8 Å². The number of thiazole rings is 1. The van der Waals surface area contributed by atoms with Gasteiger partial charge in [0.25, 0.3) is 5.91 Å². The van der Waals surface area contributed by atoms with Crippen molar-refractivity contribution in [2.24, 2.45) is 5.10 Å². The quantitative estimate of drug-likeness (QED) is 0.382. The molecular weight excluding hydrogens is 412 g/mol. The topological polar surface area (TPSA) is 98.8 Å². The highest BCUT2D eigenvalue weighted by atomic mass is 32.1. The van der Waals surface area contributed by atoms with Crippen molar-refractivity contribution in [3.63, 3.8) is 0 Å². The Bertz CT molecular complexity index is 1060. The first-order chi connectivity index (χ1) is 15.0. The molecule has 2 aromatic carbocycles. The van der Waals surface area contributed by atoms with Gasteiger partial charge in [0, 0.05) is 0 Å². The summed E-state index contributed by atoms with van der Waals surface area (Å²) in [6.07, 6.45) is 2.18. The lowest BCUT2D eigenvalue weighted by Crippen LogP contribution is -2.17. The average molecular weight is 439 g/mol.